The highest BCUT2D eigenvalue weighted by atomic mass is 16.5. The summed E-state index contributed by atoms with van der Waals surface area (Å²) in [6, 6.07) is 4.23. The van der Waals surface area contributed by atoms with Gasteiger partial charge in [0.1, 0.15) is 17.6 Å². The number of phenolic OH excluding ortho intramolecular Hbond substituents is 1. The fraction of sp³-hybridized carbons (Fsp3) is 0.680. The van der Waals surface area contributed by atoms with Gasteiger partial charge in [0.15, 0.2) is 0 Å². The Morgan fingerprint density at radius 3 is 2.63 bits per heavy atom. The minimum Gasteiger partial charge on any atom is -0.508 e. The molecular weight excluding hydrogens is 332 g/mol. The fourth-order valence-corrected chi connectivity index (χ4v) is 6.05. The van der Waals surface area contributed by atoms with Gasteiger partial charge >= 0.3 is 0 Å². The van der Waals surface area contributed by atoms with Crippen LogP contribution < -0.4 is 4.74 Å². The van der Waals surface area contributed by atoms with Gasteiger partial charge in [0.25, 0.3) is 0 Å². The van der Waals surface area contributed by atoms with Gasteiger partial charge in [-0.25, -0.2) is 0 Å². The second kappa shape index (κ2) is 6.29. The van der Waals surface area contributed by atoms with E-state index in [1.165, 1.54) is 43.2 Å². The zero-order valence-electron chi connectivity index (χ0n) is 17.8. The standard InChI is InChI=1S/C25H36O2/c1-7-8-9-10-11-24(3,4)16-12-19(26)22-20(13-16)27-23-15(2)17-14-18(21(22)23)25(17,5)6/h12-13,17-18,21,23,26H,2,7-11,14H2,1,3-6H3. The number of benzene rings is 1. The first-order valence-corrected chi connectivity index (χ1v) is 10.9. The van der Waals surface area contributed by atoms with Crippen LogP contribution in [0.25, 0.3) is 0 Å². The number of ether oxygens (including phenoxy) is 1. The molecule has 3 fully saturated rings. The van der Waals surface area contributed by atoms with Crippen molar-refractivity contribution in [2.75, 3.05) is 0 Å². The number of hydrogen-bond donors (Lipinski definition) is 1. The largest absolute Gasteiger partial charge is 0.508 e. The minimum atomic E-state index is 0.0514. The third-order valence-corrected chi connectivity index (χ3v) is 8.06. The van der Waals surface area contributed by atoms with Gasteiger partial charge in [0, 0.05) is 11.5 Å². The monoisotopic (exact) mass is 368 g/mol. The van der Waals surface area contributed by atoms with Crippen molar-refractivity contribution in [1.82, 2.24) is 0 Å². The summed E-state index contributed by atoms with van der Waals surface area (Å²) in [6.07, 6.45) is 7.49. The van der Waals surface area contributed by atoms with Gasteiger partial charge < -0.3 is 9.84 Å². The third kappa shape index (κ3) is 2.74. The summed E-state index contributed by atoms with van der Waals surface area (Å²) in [7, 11) is 0. The van der Waals surface area contributed by atoms with E-state index >= 15 is 0 Å². The van der Waals surface area contributed by atoms with E-state index in [0.717, 1.165) is 17.7 Å². The zero-order valence-corrected chi connectivity index (χ0v) is 17.8. The Labute approximate surface area is 165 Å². The van der Waals surface area contributed by atoms with Crippen molar-refractivity contribution in [3.05, 3.63) is 35.4 Å². The lowest BCUT2D eigenvalue weighted by molar-refractivity contribution is -0.0727. The van der Waals surface area contributed by atoms with Crippen LogP contribution in [0.3, 0.4) is 0 Å². The normalized spacial score (nSPS) is 30.3. The van der Waals surface area contributed by atoms with E-state index in [-0.39, 0.29) is 22.9 Å². The summed E-state index contributed by atoms with van der Waals surface area (Å²) >= 11 is 0. The Morgan fingerprint density at radius 2 is 1.96 bits per heavy atom. The molecule has 4 unspecified atom stereocenters. The summed E-state index contributed by atoms with van der Waals surface area (Å²) in [5, 5.41) is 11.0. The fourth-order valence-electron chi connectivity index (χ4n) is 6.05. The van der Waals surface area contributed by atoms with Crippen LogP contribution >= 0.6 is 0 Å². The molecule has 3 saturated carbocycles. The zero-order chi connectivity index (χ0) is 19.6. The summed E-state index contributed by atoms with van der Waals surface area (Å²) in [6.45, 7) is 16.0. The molecule has 2 bridgehead atoms. The highest BCUT2D eigenvalue weighted by Crippen LogP contribution is 2.69. The van der Waals surface area contributed by atoms with Gasteiger partial charge in [-0.3, -0.25) is 0 Å². The first kappa shape index (κ1) is 18.9. The maximum Gasteiger partial charge on any atom is 0.127 e. The van der Waals surface area contributed by atoms with E-state index < -0.39 is 0 Å². The van der Waals surface area contributed by atoms with E-state index in [9.17, 15) is 5.11 Å². The number of phenols is 1. The Morgan fingerprint density at radius 1 is 1.22 bits per heavy atom. The van der Waals surface area contributed by atoms with Crippen molar-refractivity contribution < 1.29 is 9.84 Å². The average molecular weight is 369 g/mol. The third-order valence-electron chi connectivity index (χ3n) is 8.06. The molecule has 2 heteroatoms. The maximum absolute atomic E-state index is 11.0. The van der Waals surface area contributed by atoms with E-state index in [4.69, 9.17) is 4.74 Å². The Hall–Kier alpha value is -1.44. The van der Waals surface area contributed by atoms with Gasteiger partial charge in [-0.05, 0) is 58.8 Å². The van der Waals surface area contributed by atoms with Crippen LogP contribution in [0.15, 0.2) is 24.3 Å². The molecule has 4 atom stereocenters. The summed E-state index contributed by atoms with van der Waals surface area (Å²) in [4.78, 5) is 0. The molecule has 0 amide bonds. The minimum absolute atomic E-state index is 0.0514. The Bertz CT molecular complexity index is 758. The summed E-state index contributed by atoms with van der Waals surface area (Å²) < 4.78 is 6.42. The summed E-state index contributed by atoms with van der Waals surface area (Å²) in [5.74, 6) is 2.76. The Kier molecular flexibility index (Phi) is 4.40. The Balaban J connectivity index is 1.62. The molecule has 5 rings (SSSR count). The van der Waals surface area contributed by atoms with Gasteiger partial charge in [-0.1, -0.05) is 66.9 Å². The molecule has 1 heterocycles. The van der Waals surface area contributed by atoms with E-state index in [1.54, 1.807) is 0 Å². The van der Waals surface area contributed by atoms with Crippen molar-refractivity contribution in [3.63, 3.8) is 0 Å². The number of aromatic hydroxyl groups is 1. The van der Waals surface area contributed by atoms with Crippen molar-refractivity contribution >= 4 is 0 Å². The average Bonchev–Trinajstić information content (AvgIpc) is 2.99. The van der Waals surface area contributed by atoms with E-state index in [1.807, 2.05) is 6.07 Å². The van der Waals surface area contributed by atoms with Crippen LogP contribution in [0.1, 0.15) is 90.2 Å². The van der Waals surface area contributed by atoms with Crippen LogP contribution in [0.5, 0.6) is 11.5 Å². The van der Waals surface area contributed by atoms with Gasteiger partial charge in [-0.2, -0.15) is 0 Å². The molecule has 1 N–H and O–H groups in total. The lowest BCUT2D eigenvalue weighted by atomic mass is 9.43. The lowest BCUT2D eigenvalue weighted by Crippen LogP contribution is -2.57. The molecule has 0 aromatic heterocycles. The van der Waals surface area contributed by atoms with Gasteiger partial charge in [-0.15, -0.1) is 0 Å². The first-order valence-electron chi connectivity index (χ1n) is 10.9. The van der Waals surface area contributed by atoms with Crippen LogP contribution in [0.2, 0.25) is 0 Å². The first-order chi connectivity index (χ1) is 12.7. The number of hydrogen-bond acceptors (Lipinski definition) is 2. The van der Waals surface area contributed by atoms with Gasteiger partial charge in [0.2, 0.25) is 0 Å². The topological polar surface area (TPSA) is 29.5 Å². The van der Waals surface area contributed by atoms with Crippen LogP contribution in [0, 0.1) is 17.3 Å². The van der Waals surface area contributed by atoms with Gasteiger partial charge in [0.05, 0.1) is 0 Å². The molecule has 1 aromatic carbocycles. The molecule has 1 aliphatic heterocycles. The van der Waals surface area contributed by atoms with Crippen molar-refractivity contribution in [2.45, 2.75) is 90.6 Å². The van der Waals surface area contributed by atoms with Crippen LogP contribution in [-0.2, 0) is 5.41 Å². The van der Waals surface area contributed by atoms with Crippen molar-refractivity contribution in [3.8, 4) is 11.5 Å². The maximum atomic E-state index is 11.0. The molecule has 0 spiro atoms. The molecule has 1 aromatic rings. The second-order valence-corrected chi connectivity index (χ2v) is 10.5. The molecule has 0 radical (unpaired) electrons. The highest BCUT2D eigenvalue weighted by molar-refractivity contribution is 5.57. The van der Waals surface area contributed by atoms with Crippen LogP contribution in [-0.4, -0.2) is 11.2 Å². The molecule has 0 saturated heterocycles. The SMILES string of the molecule is C=C1C2Oc3cc(C(C)(C)CCCCCC)cc(O)c3C2C2CC1C2(C)C. The van der Waals surface area contributed by atoms with Crippen molar-refractivity contribution in [1.29, 1.82) is 0 Å². The number of fused-ring (bicyclic) bond motifs is 1. The quantitative estimate of drug-likeness (QED) is 0.446. The lowest BCUT2D eigenvalue weighted by Gasteiger charge is -2.61. The molecule has 3 aliphatic carbocycles. The predicted molar refractivity (Wildman–Crippen MR) is 112 cm³/mol. The molecular formula is C25H36O2. The summed E-state index contributed by atoms with van der Waals surface area (Å²) in [5.41, 5.74) is 3.81. The highest BCUT2D eigenvalue weighted by Gasteiger charge is 2.63. The molecule has 148 valence electrons. The van der Waals surface area contributed by atoms with Crippen LogP contribution in [0.4, 0.5) is 0 Å². The number of unbranched alkanes of at least 4 members (excludes halogenated alkanes) is 3. The van der Waals surface area contributed by atoms with E-state index in [2.05, 4.69) is 47.3 Å². The number of rotatable bonds is 6. The predicted octanol–water partition coefficient (Wildman–Crippen LogP) is 6.72. The molecule has 27 heavy (non-hydrogen) atoms. The van der Waals surface area contributed by atoms with E-state index in [0.29, 0.717) is 17.6 Å². The molecule has 2 nitrogen and oxygen atoms in total. The van der Waals surface area contributed by atoms with Crippen molar-refractivity contribution in [2.24, 2.45) is 17.3 Å². The molecule has 4 aliphatic rings. The second-order valence-electron chi connectivity index (χ2n) is 10.5. The smallest absolute Gasteiger partial charge is 0.127 e.